The second-order valence-electron chi connectivity index (χ2n) is 6.38. The monoisotopic (exact) mass is 272 g/mol. The molecule has 1 amide bonds. The van der Waals surface area contributed by atoms with Crippen LogP contribution in [0.2, 0.25) is 0 Å². The summed E-state index contributed by atoms with van der Waals surface area (Å²) in [6.45, 7) is 6.07. The van der Waals surface area contributed by atoms with E-state index in [0.29, 0.717) is 5.91 Å². The molecule has 0 saturated carbocycles. The van der Waals surface area contributed by atoms with Crippen molar-refractivity contribution in [3.8, 4) is 0 Å². The summed E-state index contributed by atoms with van der Waals surface area (Å²) in [4.78, 5) is 15.0. The molecule has 108 valence electrons. The van der Waals surface area contributed by atoms with Crippen molar-refractivity contribution in [1.29, 1.82) is 0 Å². The SMILES string of the molecule is Cc1ccccc1C1CCCN1C(=O)C1(C)CCCN1. The summed E-state index contributed by atoms with van der Waals surface area (Å²) in [6.07, 6.45) is 4.27. The number of aryl methyl sites for hydroxylation is 1. The molecule has 2 unspecified atom stereocenters. The number of hydrogen-bond donors (Lipinski definition) is 1. The fourth-order valence-electron chi connectivity index (χ4n) is 3.69. The minimum Gasteiger partial charge on any atom is -0.334 e. The second-order valence-corrected chi connectivity index (χ2v) is 6.38. The molecule has 3 heteroatoms. The number of nitrogens with zero attached hydrogens (tertiary/aromatic N) is 1. The molecule has 2 atom stereocenters. The van der Waals surface area contributed by atoms with Crippen molar-refractivity contribution >= 4 is 5.91 Å². The van der Waals surface area contributed by atoms with Gasteiger partial charge in [-0.15, -0.1) is 0 Å². The van der Waals surface area contributed by atoms with Gasteiger partial charge in [-0.1, -0.05) is 24.3 Å². The smallest absolute Gasteiger partial charge is 0.243 e. The highest BCUT2D eigenvalue weighted by Gasteiger charge is 2.42. The molecule has 0 spiro atoms. The van der Waals surface area contributed by atoms with E-state index in [2.05, 4.69) is 48.3 Å². The Morgan fingerprint density at radius 1 is 1.35 bits per heavy atom. The summed E-state index contributed by atoms with van der Waals surface area (Å²) in [6, 6.07) is 8.74. The molecule has 2 fully saturated rings. The van der Waals surface area contributed by atoms with Gasteiger partial charge in [0.2, 0.25) is 5.91 Å². The maximum atomic E-state index is 12.9. The van der Waals surface area contributed by atoms with Crippen LogP contribution in [0.5, 0.6) is 0 Å². The lowest BCUT2D eigenvalue weighted by atomic mass is 9.95. The van der Waals surface area contributed by atoms with Gasteiger partial charge in [0.25, 0.3) is 0 Å². The predicted molar refractivity (Wildman–Crippen MR) is 80.5 cm³/mol. The zero-order valence-electron chi connectivity index (χ0n) is 12.5. The molecular formula is C17H24N2O. The summed E-state index contributed by atoms with van der Waals surface area (Å²) >= 11 is 0. The average molecular weight is 272 g/mol. The number of carbonyl (C=O) groups is 1. The Balaban J connectivity index is 1.86. The van der Waals surface area contributed by atoms with Crippen molar-refractivity contribution in [1.82, 2.24) is 10.2 Å². The molecule has 0 bridgehead atoms. The highest BCUT2D eigenvalue weighted by molar-refractivity contribution is 5.87. The summed E-state index contributed by atoms with van der Waals surface area (Å²) in [5.41, 5.74) is 2.27. The third-order valence-corrected chi connectivity index (χ3v) is 4.90. The van der Waals surface area contributed by atoms with Gasteiger partial charge in [0.15, 0.2) is 0 Å². The van der Waals surface area contributed by atoms with E-state index in [1.807, 2.05) is 0 Å². The van der Waals surface area contributed by atoms with Crippen molar-refractivity contribution in [3.05, 3.63) is 35.4 Å². The lowest BCUT2D eigenvalue weighted by Gasteiger charge is -2.33. The van der Waals surface area contributed by atoms with Crippen LogP contribution in [0.1, 0.15) is 49.8 Å². The van der Waals surface area contributed by atoms with Gasteiger partial charge < -0.3 is 10.2 Å². The quantitative estimate of drug-likeness (QED) is 0.898. The number of likely N-dealkylation sites (tertiary alicyclic amines) is 1. The maximum Gasteiger partial charge on any atom is 0.243 e. The van der Waals surface area contributed by atoms with E-state index in [-0.39, 0.29) is 11.6 Å². The third kappa shape index (κ3) is 2.24. The van der Waals surface area contributed by atoms with E-state index >= 15 is 0 Å². The van der Waals surface area contributed by atoms with Crippen LogP contribution in [0.4, 0.5) is 0 Å². The molecule has 2 saturated heterocycles. The maximum absolute atomic E-state index is 12.9. The van der Waals surface area contributed by atoms with Crippen LogP contribution < -0.4 is 5.32 Å². The van der Waals surface area contributed by atoms with Crippen LogP contribution in [-0.2, 0) is 4.79 Å². The fraction of sp³-hybridized carbons (Fsp3) is 0.588. The number of carbonyl (C=O) groups excluding carboxylic acids is 1. The van der Waals surface area contributed by atoms with E-state index in [4.69, 9.17) is 0 Å². The van der Waals surface area contributed by atoms with E-state index in [1.54, 1.807) is 0 Å². The zero-order valence-corrected chi connectivity index (χ0v) is 12.5. The first-order valence-electron chi connectivity index (χ1n) is 7.73. The summed E-state index contributed by atoms with van der Waals surface area (Å²) < 4.78 is 0. The van der Waals surface area contributed by atoms with Gasteiger partial charge in [0.1, 0.15) is 0 Å². The molecule has 2 aliphatic rings. The summed E-state index contributed by atoms with van der Waals surface area (Å²) in [7, 11) is 0. The van der Waals surface area contributed by atoms with E-state index < -0.39 is 0 Å². The van der Waals surface area contributed by atoms with Gasteiger partial charge in [-0.05, 0) is 57.2 Å². The lowest BCUT2D eigenvalue weighted by molar-refractivity contribution is -0.138. The molecule has 3 rings (SSSR count). The highest BCUT2D eigenvalue weighted by Crippen LogP contribution is 2.36. The summed E-state index contributed by atoms with van der Waals surface area (Å²) in [5, 5.41) is 3.41. The first-order valence-corrected chi connectivity index (χ1v) is 7.73. The Bertz CT molecular complexity index is 505. The topological polar surface area (TPSA) is 32.3 Å². The second kappa shape index (κ2) is 5.21. The standard InChI is InChI=1S/C17H24N2O/c1-13-7-3-4-8-14(13)15-9-5-12-19(15)16(20)17(2)10-6-11-18-17/h3-4,7-8,15,18H,5-6,9-12H2,1-2H3. The molecule has 0 radical (unpaired) electrons. The van der Waals surface area contributed by atoms with Crippen LogP contribution in [0.25, 0.3) is 0 Å². The minimum atomic E-state index is -0.342. The number of benzene rings is 1. The number of nitrogens with one attached hydrogen (secondary N) is 1. The van der Waals surface area contributed by atoms with Crippen LogP contribution >= 0.6 is 0 Å². The van der Waals surface area contributed by atoms with E-state index in [0.717, 1.165) is 38.8 Å². The Hall–Kier alpha value is -1.35. The number of amides is 1. The Kier molecular flexibility index (Phi) is 3.55. The molecule has 20 heavy (non-hydrogen) atoms. The van der Waals surface area contributed by atoms with Gasteiger partial charge in [0, 0.05) is 6.54 Å². The van der Waals surface area contributed by atoms with Gasteiger partial charge >= 0.3 is 0 Å². The van der Waals surface area contributed by atoms with Crippen molar-refractivity contribution < 1.29 is 4.79 Å². The Labute approximate surface area is 121 Å². The summed E-state index contributed by atoms with van der Waals surface area (Å²) in [5.74, 6) is 0.292. The zero-order chi connectivity index (χ0) is 14.2. The van der Waals surface area contributed by atoms with Crippen LogP contribution in [-0.4, -0.2) is 29.4 Å². The van der Waals surface area contributed by atoms with Gasteiger partial charge in [-0.2, -0.15) is 0 Å². The van der Waals surface area contributed by atoms with Crippen molar-refractivity contribution in [2.24, 2.45) is 0 Å². The molecule has 0 aromatic heterocycles. The first-order chi connectivity index (χ1) is 9.62. The number of hydrogen-bond acceptors (Lipinski definition) is 2. The van der Waals surface area contributed by atoms with Gasteiger partial charge in [-0.3, -0.25) is 4.79 Å². The normalized spacial score (nSPS) is 29.9. The van der Waals surface area contributed by atoms with Gasteiger partial charge in [-0.25, -0.2) is 0 Å². The molecule has 2 aliphatic heterocycles. The van der Waals surface area contributed by atoms with Crippen LogP contribution in [0, 0.1) is 6.92 Å². The first kappa shape index (κ1) is 13.6. The third-order valence-electron chi connectivity index (χ3n) is 4.90. The van der Waals surface area contributed by atoms with Crippen molar-refractivity contribution in [2.75, 3.05) is 13.1 Å². The Morgan fingerprint density at radius 2 is 2.15 bits per heavy atom. The van der Waals surface area contributed by atoms with E-state index in [1.165, 1.54) is 11.1 Å². The predicted octanol–water partition coefficient (Wildman–Crippen LogP) is 2.80. The molecular weight excluding hydrogens is 248 g/mol. The van der Waals surface area contributed by atoms with Crippen molar-refractivity contribution in [2.45, 2.75) is 51.1 Å². The Morgan fingerprint density at radius 3 is 2.85 bits per heavy atom. The van der Waals surface area contributed by atoms with Crippen LogP contribution in [0.3, 0.4) is 0 Å². The van der Waals surface area contributed by atoms with Crippen LogP contribution in [0.15, 0.2) is 24.3 Å². The molecule has 1 aromatic rings. The minimum absolute atomic E-state index is 0.267. The molecule has 0 aliphatic carbocycles. The highest BCUT2D eigenvalue weighted by atomic mass is 16.2. The molecule has 1 N–H and O–H groups in total. The molecule has 1 aromatic carbocycles. The fourth-order valence-corrected chi connectivity index (χ4v) is 3.69. The molecule has 3 nitrogen and oxygen atoms in total. The molecule has 2 heterocycles. The van der Waals surface area contributed by atoms with Gasteiger partial charge in [0.05, 0.1) is 11.6 Å². The van der Waals surface area contributed by atoms with Crippen molar-refractivity contribution in [3.63, 3.8) is 0 Å². The number of rotatable bonds is 2. The lowest BCUT2D eigenvalue weighted by Crippen LogP contribution is -2.52. The average Bonchev–Trinajstić information content (AvgIpc) is 3.08. The largest absolute Gasteiger partial charge is 0.334 e. The van der Waals surface area contributed by atoms with E-state index in [9.17, 15) is 4.79 Å².